The number of benzene rings is 3. The largest absolute Gasteiger partial charge is 0.353 e. The summed E-state index contributed by atoms with van der Waals surface area (Å²) >= 11 is 0. The third kappa shape index (κ3) is 2.15. The maximum atomic E-state index is 13.3. The fraction of sp³-hybridized carbons (Fsp3) is 0.0455. The number of hydrogen-bond acceptors (Lipinski definition) is 1. The van der Waals surface area contributed by atoms with Crippen LogP contribution in [0.3, 0.4) is 0 Å². The number of aromatic amines is 1. The van der Waals surface area contributed by atoms with Crippen LogP contribution >= 0.6 is 0 Å². The molecule has 0 saturated carbocycles. The Hall–Kier alpha value is -3.40. The molecule has 0 unspecified atom stereocenters. The second-order valence-corrected chi connectivity index (χ2v) is 6.48. The predicted molar refractivity (Wildman–Crippen MR) is 104 cm³/mol. The van der Waals surface area contributed by atoms with E-state index in [0.29, 0.717) is 0 Å². The van der Waals surface area contributed by atoms with Crippen LogP contribution in [0.5, 0.6) is 0 Å². The molecule has 0 aliphatic rings. The summed E-state index contributed by atoms with van der Waals surface area (Å²) in [5.74, 6) is -0.240. The quantitative estimate of drug-likeness (QED) is 0.426. The molecule has 5 aromatic rings. The number of pyridine rings is 1. The lowest BCUT2D eigenvalue weighted by Gasteiger charge is -2.10. The average Bonchev–Trinajstić information content (AvgIpc) is 3.06. The Labute approximate surface area is 149 Å². The molecule has 5 rings (SSSR count). The van der Waals surface area contributed by atoms with Crippen LogP contribution < -0.4 is 9.88 Å². The molecule has 0 atom stereocenters. The van der Waals surface area contributed by atoms with E-state index in [1.54, 1.807) is 12.1 Å². The van der Waals surface area contributed by atoms with Crippen molar-refractivity contribution in [1.82, 2.24) is 4.98 Å². The van der Waals surface area contributed by atoms with Gasteiger partial charge >= 0.3 is 0 Å². The van der Waals surface area contributed by atoms with Gasteiger partial charge in [0.1, 0.15) is 18.4 Å². The smallest absolute Gasteiger partial charge is 0.240 e. The van der Waals surface area contributed by atoms with Crippen molar-refractivity contribution in [1.29, 1.82) is 0 Å². The van der Waals surface area contributed by atoms with Crippen LogP contribution in [-0.2, 0) is 7.05 Å². The lowest BCUT2D eigenvalue weighted by molar-refractivity contribution is -0.616. The summed E-state index contributed by atoms with van der Waals surface area (Å²) in [6.45, 7) is 0. The molecule has 0 spiro atoms. The summed E-state index contributed by atoms with van der Waals surface area (Å²) in [4.78, 5) is 3.55. The molecular weight excluding hydrogens is 325 g/mol. The van der Waals surface area contributed by atoms with E-state index in [4.69, 9.17) is 0 Å². The maximum absolute atomic E-state index is 13.3. The van der Waals surface area contributed by atoms with Crippen molar-refractivity contribution in [3.8, 4) is 0 Å². The van der Waals surface area contributed by atoms with Gasteiger partial charge in [0.25, 0.3) is 0 Å². The number of anilines is 2. The summed E-state index contributed by atoms with van der Waals surface area (Å²) in [5, 5.41) is 5.78. The number of fused-ring (bicyclic) bond motifs is 4. The van der Waals surface area contributed by atoms with Crippen molar-refractivity contribution in [3.05, 3.63) is 78.6 Å². The molecule has 2 aromatic heterocycles. The summed E-state index contributed by atoms with van der Waals surface area (Å²) in [6, 6.07) is 23.0. The third-order valence-corrected chi connectivity index (χ3v) is 4.91. The lowest BCUT2D eigenvalue weighted by atomic mass is 10.1. The lowest BCUT2D eigenvalue weighted by Crippen LogP contribution is -2.30. The second-order valence-electron chi connectivity index (χ2n) is 6.48. The van der Waals surface area contributed by atoms with Gasteiger partial charge in [-0.2, -0.15) is 4.57 Å². The first-order valence-electron chi connectivity index (χ1n) is 8.56. The van der Waals surface area contributed by atoms with Crippen LogP contribution in [0, 0.1) is 5.82 Å². The molecule has 4 heteroatoms. The van der Waals surface area contributed by atoms with Gasteiger partial charge in [0.15, 0.2) is 0 Å². The van der Waals surface area contributed by atoms with E-state index < -0.39 is 0 Å². The van der Waals surface area contributed by atoms with E-state index in [0.717, 1.165) is 38.8 Å². The van der Waals surface area contributed by atoms with Crippen molar-refractivity contribution in [2.24, 2.45) is 7.05 Å². The highest BCUT2D eigenvalue weighted by Crippen LogP contribution is 2.35. The Kier molecular flexibility index (Phi) is 3.19. The third-order valence-electron chi connectivity index (χ3n) is 4.91. The molecule has 3 aromatic carbocycles. The molecule has 0 aliphatic heterocycles. The maximum Gasteiger partial charge on any atom is 0.240 e. The molecule has 126 valence electrons. The number of hydrogen-bond donors (Lipinski definition) is 2. The van der Waals surface area contributed by atoms with Gasteiger partial charge in [-0.1, -0.05) is 24.3 Å². The van der Waals surface area contributed by atoms with Gasteiger partial charge in [-0.25, -0.2) is 4.39 Å². The number of halogens is 1. The molecule has 26 heavy (non-hydrogen) atoms. The Morgan fingerprint density at radius 3 is 2.35 bits per heavy atom. The highest BCUT2D eigenvalue weighted by Gasteiger charge is 2.22. The number of rotatable bonds is 2. The molecule has 0 fully saturated rings. The van der Waals surface area contributed by atoms with Crippen molar-refractivity contribution < 1.29 is 8.96 Å². The Bertz CT molecular complexity index is 1270. The van der Waals surface area contributed by atoms with E-state index in [2.05, 4.69) is 52.2 Å². The molecule has 0 amide bonds. The van der Waals surface area contributed by atoms with E-state index in [-0.39, 0.29) is 5.82 Å². The minimum atomic E-state index is -0.240. The van der Waals surface area contributed by atoms with Gasteiger partial charge in [0.05, 0.1) is 22.0 Å². The van der Waals surface area contributed by atoms with Crippen molar-refractivity contribution in [2.75, 3.05) is 5.32 Å². The molecule has 0 aliphatic carbocycles. The number of aromatic nitrogens is 2. The van der Waals surface area contributed by atoms with Crippen LogP contribution in [-0.4, -0.2) is 4.98 Å². The van der Waals surface area contributed by atoms with Gasteiger partial charge in [-0.05, 0) is 42.5 Å². The van der Waals surface area contributed by atoms with Crippen molar-refractivity contribution in [3.63, 3.8) is 0 Å². The summed E-state index contributed by atoms with van der Waals surface area (Å²) < 4.78 is 15.5. The summed E-state index contributed by atoms with van der Waals surface area (Å²) in [6.07, 6.45) is 0. The van der Waals surface area contributed by atoms with Gasteiger partial charge in [-0.3, -0.25) is 0 Å². The van der Waals surface area contributed by atoms with Crippen LogP contribution in [0.1, 0.15) is 0 Å². The van der Waals surface area contributed by atoms with Crippen LogP contribution in [0.2, 0.25) is 0 Å². The van der Waals surface area contributed by atoms with Crippen molar-refractivity contribution in [2.45, 2.75) is 0 Å². The normalized spacial score (nSPS) is 11.5. The number of aryl methyl sites for hydroxylation is 1. The topological polar surface area (TPSA) is 31.7 Å². The molecular formula is C22H17FN3+. The van der Waals surface area contributed by atoms with Gasteiger partial charge < -0.3 is 10.3 Å². The zero-order valence-corrected chi connectivity index (χ0v) is 14.3. The molecule has 2 N–H and O–H groups in total. The Morgan fingerprint density at radius 1 is 0.846 bits per heavy atom. The number of H-pyrrole nitrogens is 1. The molecule has 0 saturated heterocycles. The van der Waals surface area contributed by atoms with Crippen molar-refractivity contribution >= 4 is 44.2 Å². The summed E-state index contributed by atoms with van der Waals surface area (Å²) in [5.41, 5.74) is 6.26. The first kappa shape index (κ1) is 14.9. The van der Waals surface area contributed by atoms with E-state index in [1.807, 2.05) is 18.2 Å². The minimum Gasteiger partial charge on any atom is -0.353 e. The second kappa shape index (κ2) is 5.56. The number of nitrogens with one attached hydrogen (secondary N) is 2. The average molecular weight is 342 g/mol. The molecule has 0 bridgehead atoms. The van der Waals surface area contributed by atoms with Gasteiger partial charge in [0.2, 0.25) is 11.0 Å². The van der Waals surface area contributed by atoms with Crippen LogP contribution in [0.15, 0.2) is 72.8 Å². The molecule has 0 radical (unpaired) electrons. The molecule has 2 heterocycles. The predicted octanol–water partition coefficient (Wildman–Crippen LogP) is 5.18. The van der Waals surface area contributed by atoms with Gasteiger partial charge in [0, 0.05) is 11.8 Å². The first-order valence-corrected chi connectivity index (χ1v) is 8.56. The first-order chi connectivity index (χ1) is 12.7. The van der Waals surface area contributed by atoms with Crippen LogP contribution in [0.4, 0.5) is 15.8 Å². The minimum absolute atomic E-state index is 0.240. The Balaban J connectivity index is 1.89. The SMILES string of the molecule is C[n+]1c2ccccc2c(Nc2ccc(F)cc2)c2[nH]c3ccccc3c21. The monoisotopic (exact) mass is 342 g/mol. The fourth-order valence-corrected chi connectivity index (χ4v) is 3.70. The van der Waals surface area contributed by atoms with Crippen LogP contribution in [0.25, 0.3) is 32.8 Å². The zero-order valence-electron chi connectivity index (χ0n) is 14.3. The van der Waals surface area contributed by atoms with E-state index in [9.17, 15) is 4.39 Å². The number of para-hydroxylation sites is 2. The number of nitrogens with zero attached hydrogens (tertiary/aromatic N) is 1. The standard InChI is InChI=1S/C22H16FN3/c1-26-19-9-5-3-7-17(19)20(24-15-12-10-14(23)11-13-15)21-22(26)16-6-2-4-8-18(16)25-21/h2-13H,1H3,(H,24,25)/p+1. The molecule has 3 nitrogen and oxygen atoms in total. The highest BCUT2D eigenvalue weighted by atomic mass is 19.1. The zero-order chi connectivity index (χ0) is 17.7. The van der Waals surface area contributed by atoms with Gasteiger partial charge in [-0.15, -0.1) is 0 Å². The van der Waals surface area contributed by atoms with E-state index in [1.165, 1.54) is 17.5 Å². The summed E-state index contributed by atoms with van der Waals surface area (Å²) in [7, 11) is 2.09. The Morgan fingerprint density at radius 2 is 1.54 bits per heavy atom. The fourth-order valence-electron chi connectivity index (χ4n) is 3.70. The highest BCUT2D eigenvalue weighted by molar-refractivity contribution is 6.13. The van der Waals surface area contributed by atoms with E-state index >= 15 is 0 Å².